The second kappa shape index (κ2) is 19.5. The number of amides is 3. The average Bonchev–Trinajstić information content (AvgIpc) is 3.39. The number of benzene rings is 1. The van der Waals surface area contributed by atoms with Gasteiger partial charge in [0.25, 0.3) is 5.91 Å². The van der Waals surface area contributed by atoms with Crippen molar-refractivity contribution in [2.24, 2.45) is 16.5 Å². The van der Waals surface area contributed by atoms with Crippen molar-refractivity contribution in [3.63, 3.8) is 0 Å². The Morgan fingerprint density at radius 1 is 1.11 bits per heavy atom. The molecule has 6 N–H and O–H groups in total. The summed E-state index contributed by atoms with van der Waals surface area (Å²) < 4.78 is 17.3. The van der Waals surface area contributed by atoms with E-state index in [1.54, 1.807) is 24.3 Å². The van der Waals surface area contributed by atoms with Gasteiger partial charge in [-0.1, -0.05) is 39.3 Å². The maximum atomic E-state index is 12.4. The van der Waals surface area contributed by atoms with Gasteiger partial charge in [-0.3, -0.25) is 24.2 Å². The molecule has 0 aliphatic carbocycles. The van der Waals surface area contributed by atoms with Gasteiger partial charge in [0.1, 0.15) is 18.5 Å². The molecule has 208 valence electrons. The average molecular weight is 525 g/mol. The third-order valence-electron chi connectivity index (χ3n) is 4.75. The Bertz CT molecular complexity index is 892. The molecule has 1 atom stereocenters. The van der Waals surface area contributed by atoms with Gasteiger partial charge in [-0.2, -0.15) is 0 Å². The van der Waals surface area contributed by atoms with E-state index in [2.05, 4.69) is 29.5 Å². The molecule has 3 amide bonds. The maximum Gasteiger partial charge on any atom is 0.255 e. The van der Waals surface area contributed by atoms with Crippen molar-refractivity contribution in [3.8, 4) is 5.75 Å². The number of alkyl halides is 1. The molecule has 1 heterocycles. The van der Waals surface area contributed by atoms with Gasteiger partial charge in [-0.25, -0.2) is 4.39 Å². The molecule has 1 saturated heterocycles. The van der Waals surface area contributed by atoms with E-state index in [9.17, 15) is 23.6 Å². The molecule has 0 bridgehead atoms. The molecular weight excluding hydrogens is 483 g/mol. The van der Waals surface area contributed by atoms with Crippen LogP contribution in [-0.4, -0.2) is 80.4 Å². The van der Waals surface area contributed by atoms with Crippen molar-refractivity contribution < 1.29 is 28.3 Å². The summed E-state index contributed by atoms with van der Waals surface area (Å²) in [5.74, 6) is -1.54. The summed E-state index contributed by atoms with van der Waals surface area (Å²) in [6.07, 6.45) is 3.32. The lowest BCUT2D eigenvalue weighted by Crippen LogP contribution is -2.49. The van der Waals surface area contributed by atoms with Gasteiger partial charge in [0.05, 0.1) is 25.8 Å². The highest BCUT2D eigenvalue weighted by Gasteiger charge is 2.34. The number of ketones is 1. The first-order chi connectivity index (χ1) is 17.7. The molecular formula is C25H41FN6O5. The maximum absolute atomic E-state index is 12.4. The fourth-order valence-corrected chi connectivity index (χ4v) is 3.11. The van der Waals surface area contributed by atoms with Gasteiger partial charge in [-0.05, 0) is 31.4 Å². The number of carbonyl (C=O) groups is 4. The molecule has 1 unspecified atom stereocenters. The van der Waals surface area contributed by atoms with Crippen LogP contribution in [0.2, 0.25) is 0 Å². The number of rotatable bonds is 10. The predicted molar refractivity (Wildman–Crippen MR) is 141 cm³/mol. The Morgan fingerprint density at radius 3 is 2.30 bits per heavy atom. The number of nitrogens with two attached hydrogens (primary N) is 2. The molecule has 2 rings (SSSR count). The van der Waals surface area contributed by atoms with E-state index in [4.69, 9.17) is 16.2 Å². The van der Waals surface area contributed by atoms with Gasteiger partial charge in [0.2, 0.25) is 11.8 Å². The lowest BCUT2D eigenvalue weighted by Gasteiger charge is -2.24. The molecule has 1 aliphatic rings. The number of hydrogen-bond acceptors (Lipinski definition) is 6. The van der Waals surface area contributed by atoms with E-state index in [0.29, 0.717) is 30.7 Å². The number of aliphatic imine (C=N–C) groups is 1. The van der Waals surface area contributed by atoms with E-state index in [-0.39, 0.29) is 12.5 Å². The van der Waals surface area contributed by atoms with Crippen LogP contribution in [0.15, 0.2) is 29.3 Å². The van der Waals surface area contributed by atoms with Gasteiger partial charge in [-0.15, -0.1) is 0 Å². The summed E-state index contributed by atoms with van der Waals surface area (Å²) in [6.45, 7) is 5.55. The van der Waals surface area contributed by atoms with Crippen LogP contribution >= 0.6 is 0 Å². The highest BCUT2D eigenvalue weighted by molar-refractivity contribution is 5.99. The smallest absolute Gasteiger partial charge is 0.255 e. The number of hydrogen-bond donors (Lipinski definition) is 4. The van der Waals surface area contributed by atoms with Crippen molar-refractivity contribution >= 4 is 29.5 Å². The van der Waals surface area contributed by atoms with E-state index in [1.165, 1.54) is 18.4 Å². The Labute approximate surface area is 218 Å². The monoisotopic (exact) mass is 524 g/mol. The van der Waals surface area contributed by atoms with Gasteiger partial charge in [0, 0.05) is 13.1 Å². The SMILES string of the molecule is CCC.CCCN=C(N)N.COc1ccccc1C(=O)NCC(=O)N1CCCC1C(=O)NCC(=O)CF. The number of ether oxygens (including phenoxy) is 1. The molecule has 37 heavy (non-hydrogen) atoms. The summed E-state index contributed by atoms with van der Waals surface area (Å²) in [4.78, 5) is 52.9. The quantitative estimate of drug-likeness (QED) is 0.263. The molecule has 0 saturated carbocycles. The summed E-state index contributed by atoms with van der Waals surface area (Å²) in [7, 11) is 1.44. The standard InChI is InChI=1S/C18H22FN3O5.C4H11N3.C3H8/c1-27-15-7-3-2-5-13(15)17(25)21-11-16(24)22-8-4-6-14(22)18(26)20-10-12(23)9-19;1-2-3-7-4(5)6;1-3-2/h2-3,5,7,14H,4,6,8-11H2,1H3,(H,20,26)(H,21,25);2-3H2,1H3,(H4,5,6,7);3H2,1-2H3. The third kappa shape index (κ3) is 13.3. The molecule has 12 heteroatoms. The van der Waals surface area contributed by atoms with Gasteiger partial charge < -0.3 is 31.7 Å². The van der Waals surface area contributed by atoms with Crippen molar-refractivity contribution in [1.29, 1.82) is 0 Å². The summed E-state index contributed by atoms with van der Waals surface area (Å²) in [5, 5.41) is 4.86. The number of carbonyl (C=O) groups excluding carboxylic acids is 4. The Kier molecular flexibility index (Phi) is 17.5. The molecule has 0 aromatic heterocycles. The number of Topliss-reactive ketones (excluding diaryl/α,β-unsaturated/α-hetero) is 1. The van der Waals surface area contributed by atoms with Crippen LogP contribution < -0.4 is 26.8 Å². The second-order valence-electron chi connectivity index (χ2n) is 8.03. The van der Waals surface area contributed by atoms with Crippen LogP contribution in [0.3, 0.4) is 0 Å². The van der Waals surface area contributed by atoms with Crippen molar-refractivity contribution in [2.45, 2.75) is 52.5 Å². The van der Waals surface area contributed by atoms with Crippen LogP contribution in [-0.2, 0) is 14.4 Å². The number of guanidine groups is 1. The van der Waals surface area contributed by atoms with Crippen molar-refractivity contribution in [1.82, 2.24) is 15.5 Å². The molecule has 1 aromatic carbocycles. The number of methoxy groups -OCH3 is 1. The lowest BCUT2D eigenvalue weighted by atomic mass is 10.2. The molecule has 1 aliphatic heterocycles. The molecule has 0 radical (unpaired) electrons. The summed E-state index contributed by atoms with van der Waals surface area (Å²) in [6, 6.07) is 5.89. The topological polar surface area (TPSA) is 169 Å². The third-order valence-corrected chi connectivity index (χ3v) is 4.75. The summed E-state index contributed by atoms with van der Waals surface area (Å²) in [5.41, 5.74) is 10.3. The van der Waals surface area contributed by atoms with Crippen LogP contribution in [0.25, 0.3) is 0 Å². The first-order valence-corrected chi connectivity index (χ1v) is 12.3. The largest absolute Gasteiger partial charge is 0.496 e. The van der Waals surface area contributed by atoms with Crippen LogP contribution in [0.5, 0.6) is 5.75 Å². The normalized spacial score (nSPS) is 13.6. The Balaban J connectivity index is 0.00000110. The van der Waals surface area contributed by atoms with Gasteiger partial charge in [0.15, 0.2) is 11.7 Å². The number of halogens is 1. The fraction of sp³-hybridized carbons (Fsp3) is 0.560. The number of para-hydroxylation sites is 1. The van der Waals surface area contributed by atoms with E-state index in [0.717, 1.165) is 13.0 Å². The second-order valence-corrected chi connectivity index (χ2v) is 8.03. The number of nitrogens with one attached hydrogen (secondary N) is 2. The minimum absolute atomic E-state index is 0.182. The first kappa shape index (κ1) is 33.3. The Hall–Kier alpha value is -3.70. The predicted octanol–water partition coefficient (Wildman–Crippen LogP) is 1.16. The molecule has 0 spiro atoms. The zero-order valence-corrected chi connectivity index (χ0v) is 22.2. The Morgan fingerprint density at radius 2 is 1.76 bits per heavy atom. The van der Waals surface area contributed by atoms with Crippen LogP contribution in [0.4, 0.5) is 4.39 Å². The van der Waals surface area contributed by atoms with Crippen LogP contribution in [0, 0.1) is 0 Å². The van der Waals surface area contributed by atoms with E-state index >= 15 is 0 Å². The first-order valence-electron chi connectivity index (χ1n) is 12.3. The highest BCUT2D eigenvalue weighted by Crippen LogP contribution is 2.18. The highest BCUT2D eigenvalue weighted by atomic mass is 19.1. The van der Waals surface area contributed by atoms with E-state index in [1.807, 2.05) is 6.92 Å². The van der Waals surface area contributed by atoms with Crippen LogP contribution in [0.1, 0.15) is 56.8 Å². The van der Waals surface area contributed by atoms with Gasteiger partial charge >= 0.3 is 0 Å². The number of nitrogens with zero attached hydrogens (tertiary/aromatic N) is 2. The zero-order chi connectivity index (χ0) is 28.2. The minimum Gasteiger partial charge on any atom is -0.496 e. The molecule has 1 fully saturated rings. The van der Waals surface area contributed by atoms with Crippen molar-refractivity contribution in [2.75, 3.05) is 40.0 Å². The fourth-order valence-electron chi connectivity index (χ4n) is 3.11. The minimum atomic E-state index is -1.15. The lowest BCUT2D eigenvalue weighted by molar-refractivity contribution is -0.138. The van der Waals surface area contributed by atoms with E-state index < -0.39 is 42.8 Å². The zero-order valence-electron chi connectivity index (χ0n) is 22.2. The number of likely N-dealkylation sites (tertiary alicyclic amines) is 1. The molecule has 1 aromatic rings. The molecule has 11 nitrogen and oxygen atoms in total. The van der Waals surface area contributed by atoms with Crippen molar-refractivity contribution in [3.05, 3.63) is 29.8 Å². The summed E-state index contributed by atoms with van der Waals surface area (Å²) >= 11 is 0.